The standard InChI is InChI=1S/C18H11ClN4O6/c19-12-4-2-1-3-11(12)13-9-28-17(20-13)21-16(24)8-22-14-6-5-10(23(26)27)7-15(14)29-18(22)25/h1-7,9H,8H2,(H,20,21,24). The van der Waals surface area contributed by atoms with Crippen LogP contribution in [0.3, 0.4) is 0 Å². The number of carbonyl (C=O) groups is 1. The number of carbonyl (C=O) groups excluding carboxylic acids is 1. The van der Waals surface area contributed by atoms with Crippen LogP contribution in [0, 0.1) is 10.1 Å². The molecule has 0 aliphatic rings. The van der Waals surface area contributed by atoms with Crippen LogP contribution in [0.15, 0.2) is 62.4 Å². The van der Waals surface area contributed by atoms with Gasteiger partial charge >= 0.3 is 11.8 Å². The van der Waals surface area contributed by atoms with E-state index in [1.165, 1.54) is 18.4 Å². The number of hydrogen-bond acceptors (Lipinski definition) is 7. The largest absolute Gasteiger partial charge is 0.431 e. The highest BCUT2D eigenvalue weighted by molar-refractivity contribution is 6.33. The van der Waals surface area contributed by atoms with Crippen molar-refractivity contribution in [2.24, 2.45) is 0 Å². The lowest BCUT2D eigenvalue weighted by molar-refractivity contribution is -0.384. The fraction of sp³-hybridized carbons (Fsp3) is 0.0556. The Labute approximate surface area is 166 Å². The molecule has 4 aromatic rings. The summed E-state index contributed by atoms with van der Waals surface area (Å²) < 4.78 is 11.3. The second-order valence-electron chi connectivity index (χ2n) is 5.93. The normalized spacial score (nSPS) is 10.9. The maximum absolute atomic E-state index is 12.3. The van der Waals surface area contributed by atoms with E-state index in [0.717, 1.165) is 10.6 Å². The minimum atomic E-state index is -0.820. The quantitative estimate of drug-likeness (QED) is 0.390. The third-order valence-corrected chi connectivity index (χ3v) is 4.39. The van der Waals surface area contributed by atoms with Crippen LogP contribution in [-0.2, 0) is 11.3 Å². The van der Waals surface area contributed by atoms with Gasteiger partial charge in [-0.25, -0.2) is 4.79 Å². The van der Waals surface area contributed by atoms with E-state index in [2.05, 4.69) is 10.3 Å². The number of halogens is 1. The molecule has 0 unspecified atom stereocenters. The molecule has 0 bridgehead atoms. The van der Waals surface area contributed by atoms with E-state index in [4.69, 9.17) is 20.4 Å². The molecule has 0 saturated carbocycles. The van der Waals surface area contributed by atoms with E-state index in [-0.39, 0.29) is 22.8 Å². The van der Waals surface area contributed by atoms with Crippen molar-refractivity contribution in [2.75, 3.05) is 5.32 Å². The Morgan fingerprint density at radius 3 is 2.83 bits per heavy atom. The van der Waals surface area contributed by atoms with E-state index >= 15 is 0 Å². The van der Waals surface area contributed by atoms with Crippen LogP contribution in [-0.4, -0.2) is 20.4 Å². The summed E-state index contributed by atoms with van der Waals surface area (Å²) in [6.07, 6.45) is 1.34. The van der Waals surface area contributed by atoms with Crippen LogP contribution < -0.4 is 11.1 Å². The van der Waals surface area contributed by atoms with E-state index < -0.39 is 23.1 Å². The van der Waals surface area contributed by atoms with E-state index in [0.29, 0.717) is 16.3 Å². The summed E-state index contributed by atoms with van der Waals surface area (Å²) in [7, 11) is 0. The number of fused-ring (bicyclic) bond motifs is 1. The predicted molar refractivity (Wildman–Crippen MR) is 103 cm³/mol. The number of nitro groups is 1. The molecule has 1 amide bonds. The van der Waals surface area contributed by atoms with Crippen LogP contribution in [0.4, 0.5) is 11.7 Å². The second kappa shape index (κ2) is 7.24. The lowest BCUT2D eigenvalue weighted by Crippen LogP contribution is -2.24. The monoisotopic (exact) mass is 414 g/mol. The fourth-order valence-corrected chi connectivity index (χ4v) is 2.98. The number of aromatic nitrogens is 2. The van der Waals surface area contributed by atoms with Crippen LogP contribution in [0.5, 0.6) is 0 Å². The summed E-state index contributed by atoms with van der Waals surface area (Å²) in [5, 5.41) is 13.8. The first kappa shape index (κ1) is 18.4. The van der Waals surface area contributed by atoms with Crippen LogP contribution in [0.1, 0.15) is 0 Å². The van der Waals surface area contributed by atoms with E-state index in [1.807, 2.05) is 0 Å². The summed E-state index contributed by atoms with van der Waals surface area (Å²) in [6.45, 7) is -0.395. The average Bonchev–Trinajstić information content (AvgIpc) is 3.26. The molecule has 0 atom stereocenters. The first-order valence-electron chi connectivity index (χ1n) is 8.20. The third kappa shape index (κ3) is 3.60. The number of anilines is 1. The maximum atomic E-state index is 12.3. The van der Waals surface area contributed by atoms with E-state index in [9.17, 15) is 19.7 Å². The zero-order valence-corrected chi connectivity index (χ0v) is 15.3. The van der Waals surface area contributed by atoms with Gasteiger partial charge in [0.1, 0.15) is 18.5 Å². The Kier molecular flexibility index (Phi) is 4.61. The molecule has 11 heteroatoms. The maximum Gasteiger partial charge on any atom is 0.420 e. The van der Waals surface area contributed by atoms with Crippen molar-refractivity contribution < 1.29 is 18.6 Å². The van der Waals surface area contributed by atoms with Crippen molar-refractivity contribution in [3.63, 3.8) is 0 Å². The van der Waals surface area contributed by atoms with Gasteiger partial charge in [0.05, 0.1) is 21.5 Å². The van der Waals surface area contributed by atoms with Crippen molar-refractivity contribution in [2.45, 2.75) is 6.54 Å². The Morgan fingerprint density at radius 2 is 2.07 bits per heavy atom. The molecular weight excluding hydrogens is 404 g/mol. The number of oxazole rings is 2. The van der Waals surface area contributed by atoms with Crippen molar-refractivity contribution in [1.29, 1.82) is 0 Å². The lowest BCUT2D eigenvalue weighted by Gasteiger charge is -2.02. The smallest absolute Gasteiger partial charge is 0.420 e. The summed E-state index contributed by atoms with van der Waals surface area (Å²) in [5.41, 5.74) is 1.10. The lowest BCUT2D eigenvalue weighted by atomic mass is 10.2. The van der Waals surface area contributed by atoms with Crippen molar-refractivity contribution >= 4 is 40.3 Å². The Morgan fingerprint density at radius 1 is 1.28 bits per heavy atom. The molecule has 0 saturated heterocycles. The summed E-state index contributed by atoms with van der Waals surface area (Å²) >= 11 is 6.11. The molecule has 29 heavy (non-hydrogen) atoms. The summed E-state index contributed by atoms with van der Waals surface area (Å²) in [5.74, 6) is -1.42. The summed E-state index contributed by atoms with van der Waals surface area (Å²) in [4.78, 5) is 38.7. The molecule has 4 rings (SSSR count). The molecular formula is C18H11ClN4O6. The SMILES string of the molecule is O=C(Cn1c(=O)oc2cc([N+](=O)[O-])ccc21)Nc1nc(-c2ccccc2Cl)co1. The zero-order chi connectivity index (χ0) is 20.5. The van der Waals surface area contributed by atoms with Gasteiger partial charge in [-0.05, 0) is 12.1 Å². The molecule has 2 aromatic carbocycles. The number of nitrogens with zero attached hydrogens (tertiary/aromatic N) is 3. The number of amides is 1. The molecule has 146 valence electrons. The van der Waals surface area contributed by atoms with Gasteiger partial charge in [-0.3, -0.25) is 24.8 Å². The molecule has 1 N–H and O–H groups in total. The zero-order valence-electron chi connectivity index (χ0n) is 14.5. The first-order chi connectivity index (χ1) is 13.9. The van der Waals surface area contributed by atoms with Gasteiger partial charge < -0.3 is 8.83 Å². The molecule has 0 fully saturated rings. The topological polar surface area (TPSA) is 133 Å². The highest BCUT2D eigenvalue weighted by Gasteiger charge is 2.17. The number of rotatable bonds is 5. The Balaban J connectivity index is 1.54. The van der Waals surface area contributed by atoms with Gasteiger partial charge in [-0.1, -0.05) is 29.8 Å². The van der Waals surface area contributed by atoms with Gasteiger partial charge in [0.15, 0.2) is 5.58 Å². The van der Waals surface area contributed by atoms with Crippen LogP contribution >= 0.6 is 11.6 Å². The third-order valence-electron chi connectivity index (χ3n) is 4.06. The van der Waals surface area contributed by atoms with Crippen molar-refractivity contribution in [3.8, 4) is 11.3 Å². The minimum Gasteiger partial charge on any atom is -0.431 e. The van der Waals surface area contributed by atoms with Crippen molar-refractivity contribution in [3.05, 3.63) is 74.4 Å². The number of nitrogens with one attached hydrogen (secondary N) is 1. The van der Waals surface area contributed by atoms with Crippen LogP contribution in [0.25, 0.3) is 22.4 Å². The Bertz CT molecular complexity index is 1310. The molecule has 0 aliphatic carbocycles. The fourth-order valence-electron chi connectivity index (χ4n) is 2.74. The molecule has 10 nitrogen and oxygen atoms in total. The molecule has 2 aromatic heterocycles. The Hall–Kier alpha value is -3.92. The highest BCUT2D eigenvalue weighted by atomic mass is 35.5. The first-order valence-corrected chi connectivity index (χ1v) is 8.58. The second-order valence-corrected chi connectivity index (χ2v) is 6.34. The molecule has 0 aliphatic heterocycles. The van der Waals surface area contributed by atoms with Gasteiger partial charge in [0.2, 0.25) is 5.91 Å². The minimum absolute atomic E-state index is 0.00845. The number of hydrogen-bond donors (Lipinski definition) is 1. The van der Waals surface area contributed by atoms with Gasteiger partial charge in [0.25, 0.3) is 5.69 Å². The van der Waals surface area contributed by atoms with Crippen molar-refractivity contribution in [1.82, 2.24) is 9.55 Å². The van der Waals surface area contributed by atoms with Gasteiger partial charge in [-0.2, -0.15) is 4.98 Å². The predicted octanol–water partition coefficient (Wildman–Crippen LogP) is 3.45. The van der Waals surface area contributed by atoms with Crippen LogP contribution in [0.2, 0.25) is 5.02 Å². The summed E-state index contributed by atoms with van der Waals surface area (Å²) in [6, 6.07) is 10.6. The molecule has 0 spiro atoms. The average molecular weight is 415 g/mol. The molecule has 0 radical (unpaired) electrons. The van der Waals surface area contributed by atoms with E-state index in [1.54, 1.807) is 24.3 Å². The number of benzene rings is 2. The number of nitro benzene ring substituents is 1. The van der Waals surface area contributed by atoms with Gasteiger partial charge in [-0.15, -0.1) is 0 Å². The molecule has 2 heterocycles. The highest BCUT2D eigenvalue weighted by Crippen LogP contribution is 2.27. The number of non-ortho nitro benzene ring substituents is 1. The van der Waals surface area contributed by atoms with Gasteiger partial charge in [0, 0.05) is 11.6 Å².